The molecule has 1 aliphatic heterocycles. The van der Waals surface area contributed by atoms with Crippen molar-refractivity contribution >= 4 is 39.9 Å². The van der Waals surface area contributed by atoms with E-state index in [0.29, 0.717) is 23.1 Å². The number of aryl methyl sites for hydroxylation is 1. The molecule has 0 amide bonds. The second kappa shape index (κ2) is 13.7. The van der Waals surface area contributed by atoms with Crippen molar-refractivity contribution in [2.75, 3.05) is 11.9 Å². The Labute approximate surface area is 231 Å². The summed E-state index contributed by atoms with van der Waals surface area (Å²) in [5.41, 5.74) is 0.0351. The van der Waals surface area contributed by atoms with E-state index in [0.717, 1.165) is 11.7 Å². The normalized spacial score (nSPS) is 23.5. The van der Waals surface area contributed by atoms with Gasteiger partial charge in [0.05, 0.1) is 11.6 Å². The van der Waals surface area contributed by atoms with Crippen molar-refractivity contribution in [2.24, 2.45) is 10.9 Å². The first-order chi connectivity index (χ1) is 17.5. The van der Waals surface area contributed by atoms with E-state index in [1.165, 1.54) is 76.7 Å². The maximum absolute atomic E-state index is 13.6. The molecule has 1 aromatic rings. The number of aliphatic imine (C=N–C) groups is 1. The largest absolute Gasteiger partial charge is 0.416 e. The number of benzene rings is 1. The summed E-state index contributed by atoms with van der Waals surface area (Å²) in [6.45, 7) is 8.98. The quantitative estimate of drug-likeness (QED) is 0.375. The van der Waals surface area contributed by atoms with Gasteiger partial charge in [0, 0.05) is 17.0 Å². The van der Waals surface area contributed by atoms with Crippen LogP contribution in [0.3, 0.4) is 0 Å². The van der Waals surface area contributed by atoms with E-state index in [1.807, 2.05) is 4.90 Å². The van der Waals surface area contributed by atoms with Crippen LogP contribution >= 0.6 is 24.0 Å². The number of nitrogens with zero attached hydrogens (tertiary/aromatic N) is 2. The van der Waals surface area contributed by atoms with Crippen LogP contribution in [0.2, 0.25) is 0 Å². The summed E-state index contributed by atoms with van der Waals surface area (Å²) in [5.74, 6) is 0.575. The molecule has 1 saturated carbocycles. The zero-order valence-corrected chi connectivity index (χ0v) is 24.6. The average molecular weight is 556 g/mol. The average Bonchev–Trinajstić information content (AvgIpc) is 3.06. The van der Waals surface area contributed by atoms with Gasteiger partial charge in [-0.05, 0) is 75.9 Å². The molecule has 8 heteroatoms. The summed E-state index contributed by atoms with van der Waals surface area (Å²) in [6.07, 6.45) is 10.3. The fourth-order valence-corrected chi connectivity index (χ4v) is 6.92. The molecule has 2 aliphatic rings. The number of hydrogen-bond donors (Lipinski definition) is 1. The predicted molar refractivity (Wildman–Crippen MR) is 157 cm³/mol. The Kier molecular flexibility index (Phi) is 11.2. The Balaban J connectivity index is 1.75. The Morgan fingerprint density at radius 1 is 1.05 bits per heavy atom. The maximum Gasteiger partial charge on any atom is 0.416 e. The predicted octanol–water partition coefficient (Wildman–Crippen LogP) is 9.46. The number of anilines is 1. The van der Waals surface area contributed by atoms with Gasteiger partial charge in [-0.3, -0.25) is 9.89 Å². The number of hydrogen-bond acceptors (Lipinski definition) is 3. The van der Waals surface area contributed by atoms with Crippen LogP contribution in [-0.2, 0) is 12.6 Å². The topological polar surface area (TPSA) is 27.6 Å². The van der Waals surface area contributed by atoms with Gasteiger partial charge in [0.15, 0.2) is 10.3 Å². The highest BCUT2D eigenvalue weighted by Gasteiger charge is 2.44. The van der Waals surface area contributed by atoms with Crippen molar-refractivity contribution in [2.45, 2.75) is 122 Å². The first kappa shape index (κ1) is 30.3. The van der Waals surface area contributed by atoms with E-state index >= 15 is 0 Å². The molecule has 1 aliphatic carbocycles. The molecule has 1 N–H and O–H groups in total. The number of rotatable bonds is 4. The minimum absolute atomic E-state index is 0.0598. The molecule has 1 atom stereocenters. The zero-order chi connectivity index (χ0) is 27.1. The molecule has 37 heavy (non-hydrogen) atoms. The molecular formula is C29H44F3N3S2. The fraction of sp³-hybridized carbons (Fsp3) is 0.724. The van der Waals surface area contributed by atoms with Crippen molar-refractivity contribution in [3.8, 4) is 0 Å². The highest BCUT2D eigenvalue weighted by Crippen LogP contribution is 2.42. The number of amidine groups is 1. The van der Waals surface area contributed by atoms with E-state index in [1.54, 1.807) is 30.8 Å². The molecule has 3 nitrogen and oxygen atoms in total. The Bertz CT molecular complexity index is 917. The van der Waals surface area contributed by atoms with Gasteiger partial charge in [-0.15, -0.1) is 0 Å². The standard InChI is InChI=1S/C29H44F3N3S2/c1-5-23-17-18-24(19-25(23)29(30,31)32)34-26(36)35-21(2)28(3,4)37-27(35)33-20-22-15-13-11-9-7-6-8-10-12-14-16-22/h17-19,21-22H,5-16,20H2,1-4H3,(H,34,36). The molecule has 1 unspecified atom stereocenters. The molecule has 1 aromatic carbocycles. The molecule has 1 saturated heterocycles. The molecule has 0 radical (unpaired) electrons. The summed E-state index contributed by atoms with van der Waals surface area (Å²) in [5, 5.41) is 4.37. The lowest BCUT2D eigenvalue weighted by Gasteiger charge is -2.29. The smallest absolute Gasteiger partial charge is 0.332 e. The molecule has 208 valence electrons. The number of halogens is 3. The van der Waals surface area contributed by atoms with Gasteiger partial charge in [0.25, 0.3) is 0 Å². The maximum atomic E-state index is 13.6. The summed E-state index contributed by atoms with van der Waals surface area (Å²) >= 11 is 7.48. The number of thiocarbonyl (C=S) groups is 1. The van der Waals surface area contributed by atoms with Crippen molar-refractivity contribution in [3.05, 3.63) is 29.3 Å². The first-order valence-corrected chi connectivity index (χ1v) is 15.3. The fourth-order valence-electron chi connectivity index (χ4n) is 5.27. The third kappa shape index (κ3) is 8.61. The molecular weight excluding hydrogens is 511 g/mol. The lowest BCUT2D eigenvalue weighted by molar-refractivity contribution is -0.138. The van der Waals surface area contributed by atoms with Crippen LogP contribution in [0.15, 0.2) is 23.2 Å². The summed E-state index contributed by atoms with van der Waals surface area (Å²) in [7, 11) is 0. The number of alkyl halides is 3. The molecule has 2 fully saturated rings. The number of nitrogens with one attached hydrogen (secondary N) is 1. The van der Waals surface area contributed by atoms with Crippen LogP contribution in [0.4, 0.5) is 18.9 Å². The van der Waals surface area contributed by atoms with Gasteiger partial charge in [0.1, 0.15) is 0 Å². The molecule has 0 bridgehead atoms. The summed E-state index contributed by atoms with van der Waals surface area (Å²) in [4.78, 5) is 7.10. The van der Waals surface area contributed by atoms with Gasteiger partial charge >= 0.3 is 6.18 Å². The van der Waals surface area contributed by atoms with Crippen molar-refractivity contribution in [1.82, 2.24) is 4.90 Å². The molecule has 0 aromatic heterocycles. The second-order valence-corrected chi connectivity index (χ2v) is 13.2. The van der Waals surface area contributed by atoms with Crippen LogP contribution in [0.25, 0.3) is 0 Å². The van der Waals surface area contributed by atoms with Gasteiger partial charge in [0.2, 0.25) is 0 Å². The third-order valence-corrected chi connectivity index (χ3v) is 9.60. The highest BCUT2D eigenvalue weighted by atomic mass is 32.2. The van der Waals surface area contributed by atoms with E-state index in [9.17, 15) is 13.2 Å². The number of thioether (sulfide) groups is 1. The van der Waals surface area contributed by atoms with Crippen LogP contribution in [0, 0.1) is 5.92 Å². The first-order valence-electron chi connectivity index (χ1n) is 14.1. The van der Waals surface area contributed by atoms with Gasteiger partial charge in [-0.2, -0.15) is 13.2 Å². The monoisotopic (exact) mass is 555 g/mol. The van der Waals surface area contributed by atoms with E-state index < -0.39 is 11.7 Å². The lowest BCUT2D eigenvalue weighted by atomic mass is 9.93. The minimum atomic E-state index is -4.40. The molecule has 1 heterocycles. The van der Waals surface area contributed by atoms with Crippen molar-refractivity contribution < 1.29 is 13.2 Å². The zero-order valence-electron chi connectivity index (χ0n) is 22.9. The third-order valence-electron chi connectivity index (χ3n) is 7.93. The SMILES string of the molecule is CCc1ccc(NC(=S)N2C(=NCC3CCCCCCCCCCC3)SC(C)(C)C2C)cc1C(F)(F)F. The van der Waals surface area contributed by atoms with E-state index in [-0.39, 0.29) is 16.4 Å². The summed E-state index contributed by atoms with van der Waals surface area (Å²) in [6, 6.07) is 4.45. The van der Waals surface area contributed by atoms with Gasteiger partial charge < -0.3 is 5.32 Å². The Morgan fingerprint density at radius 3 is 2.16 bits per heavy atom. The molecule has 3 rings (SSSR count). The van der Waals surface area contributed by atoms with Crippen molar-refractivity contribution in [1.29, 1.82) is 0 Å². The van der Waals surface area contributed by atoms with Crippen LogP contribution in [-0.4, -0.2) is 32.5 Å². The summed E-state index contributed by atoms with van der Waals surface area (Å²) < 4.78 is 40.7. The van der Waals surface area contributed by atoms with Gasteiger partial charge in [-0.1, -0.05) is 82.5 Å². The van der Waals surface area contributed by atoms with Gasteiger partial charge in [-0.25, -0.2) is 0 Å². The van der Waals surface area contributed by atoms with Crippen LogP contribution < -0.4 is 5.32 Å². The van der Waals surface area contributed by atoms with Crippen molar-refractivity contribution in [3.63, 3.8) is 0 Å². The van der Waals surface area contributed by atoms with Crippen LogP contribution in [0.5, 0.6) is 0 Å². The Morgan fingerprint density at radius 2 is 1.62 bits per heavy atom. The van der Waals surface area contributed by atoms with E-state index in [4.69, 9.17) is 17.2 Å². The van der Waals surface area contributed by atoms with Crippen LogP contribution in [0.1, 0.15) is 109 Å². The second-order valence-electron chi connectivity index (χ2n) is 11.2. The lowest BCUT2D eigenvalue weighted by Crippen LogP contribution is -2.44. The Hall–Kier alpha value is -1.28. The van der Waals surface area contributed by atoms with E-state index in [2.05, 4.69) is 26.1 Å². The highest BCUT2D eigenvalue weighted by molar-refractivity contribution is 8.15. The minimum Gasteiger partial charge on any atom is -0.332 e. The molecule has 0 spiro atoms.